The van der Waals surface area contributed by atoms with Crippen LogP contribution in [0.2, 0.25) is 0 Å². The number of nitrogens with one attached hydrogen (secondary N) is 1. The minimum atomic E-state index is -0.120. The zero-order valence-corrected chi connectivity index (χ0v) is 10.8. The van der Waals surface area contributed by atoms with Gasteiger partial charge in [-0.25, -0.2) is 0 Å². The maximum atomic E-state index is 11.1. The number of carbonyl (C=O) groups excluding carboxylic acids is 1. The minimum absolute atomic E-state index is 0.120. The van der Waals surface area contributed by atoms with Crippen LogP contribution in [-0.4, -0.2) is 12.5 Å². The molecule has 4 heteroatoms. The van der Waals surface area contributed by atoms with Gasteiger partial charge in [-0.05, 0) is 37.5 Å². The van der Waals surface area contributed by atoms with E-state index in [1.807, 2.05) is 25.1 Å². The Hall–Kier alpha value is -2.02. The van der Waals surface area contributed by atoms with Gasteiger partial charge in [-0.1, -0.05) is 6.07 Å². The van der Waals surface area contributed by atoms with Crippen molar-refractivity contribution in [1.29, 1.82) is 5.26 Å². The van der Waals surface area contributed by atoms with E-state index in [0.717, 1.165) is 18.4 Å². The molecule has 1 amide bonds. The highest BCUT2D eigenvalue weighted by molar-refractivity contribution is 5.90. The van der Waals surface area contributed by atoms with E-state index in [-0.39, 0.29) is 5.91 Å². The summed E-state index contributed by atoms with van der Waals surface area (Å²) < 4.78 is 5.45. The standard InChI is InChI=1S/C14H18N2O2/c1-3-18-14-8-7-12(6-4-5-9-15)10-13(14)16-11(2)17/h7-8,10H,3-6H2,1-2H3,(H,16,17). The molecule has 0 aromatic heterocycles. The zero-order valence-electron chi connectivity index (χ0n) is 10.8. The van der Waals surface area contributed by atoms with Crippen molar-refractivity contribution < 1.29 is 9.53 Å². The summed E-state index contributed by atoms with van der Waals surface area (Å²) in [5.74, 6) is 0.557. The van der Waals surface area contributed by atoms with Gasteiger partial charge in [0.05, 0.1) is 18.4 Å². The Bertz CT molecular complexity index is 450. The van der Waals surface area contributed by atoms with E-state index >= 15 is 0 Å². The molecule has 1 rings (SSSR count). The number of nitriles is 1. The molecular formula is C14H18N2O2. The van der Waals surface area contributed by atoms with Crippen LogP contribution in [-0.2, 0) is 11.2 Å². The average molecular weight is 246 g/mol. The van der Waals surface area contributed by atoms with Crippen LogP contribution in [0.15, 0.2) is 18.2 Å². The summed E-state index contributed by atoms with van der Waals surface area (Å²) in [5.41, 5.74) is 1.79. The van der Waals surface area contributed by atoms with Crippen molar-refractivity contribution in [2.75, 3.05) is 11.9 Å². The summed E-state index contributed by atoms with van der Waals surface area (Å²) in [6.07, 6.45) is 2.19. The van der Waals surface area contributed by atoms with Crippen molar-refractivity contribution in [3.63, 3.8) is 0 Å². The Labute approximate surface area is 108 Å². The van der Waals surface area contributed by atoms with Gasteiger partial charge in [0.15, 0.2) is 0 Å². The van der Waals surface area contributed by atoms with Crippen molar-refractivity contribution in [3.05, 3.63) is 23.8 Å². The largest absolute Gasteiger partial charge is 0.492 e. The fraction of sp³-hybridized carbons (Fsp3) is 0.429. The Morgan fingerprint density at radius 1 is 1.50 bits per heavy atom. The zero-order chi connectivity index (χ0) is 13.4. The van der Waals surface area contributed by atoms with E-state index in [1.165, 1.54) is 6.92 Å². The molecule has 96 valence electrons. The molecule has 0 saturated carbocycles. The van der Waals surface area contributed by atoms with Crippen molar-refractivity contribution in [1.82, 2.24) is 0 Å². The predicted molar refractivity (Wildman–Crippen MR) is 70.5 cm³/mol. The summed E-state index contributed by atoms with van der Waals surface area (Å²) in [5, 5.41) is 11.3. The second-order valence-corrected chi connectivity index (χ2v) is 3.96. The third-order valence-corrected chi connectivity index (χ3v) is 2.41. The molecule has 0 spiro atoms. The van der Waals surface area contributed by atoms with Crippen molar-refractivity contribution in [2.45, 2.75) is 33.1 Å². The first kappa shape index (κ1) is 14.0. The lowest BCUT2D eigenvalue weighted by molar-refractivity contribution is -0.114. The van der Waals surface area contributed by atoms with Gasteiger partial charge < -0.3 is 10.1 Å². The fourth-order valence-electron chi connectivity index (χ4n) is 1.67. The molecule has 0 unspecified atom stereocenters. The van der Waals surface area contributed by atoms with Gasteiger partial charge in [-0.2, -0.15) is 5.26 Å². The summed E-state index contributed by atoms with van der Waals surface area (Å²) in [6, 6.07) is 7.85. The van der Waals surface area contributed by atoms with Crippen LogP contribution < -0.4 is 10.1 Å². The Balaban J connectivity index is 2.83. The van der Waals surface area contributed by atoms with Gasteiger partial charge in [0.25, 0.3) is 0 Å². The molecule has 0 heterocycles. The summed E-state index contributed by atoms with van der Waals surface area (Å²) >= 11 is 0. The highest BCUT2D eigenvalue weighted by Crippen LogP contribution is 2.26. The summed E-state index contributed by atoms with van der Waals surface area (Å²) in [4.78, 5) is 11.1. The van der Waals surface area contributed by atoms with E-state index < -0.39 is 0 Å². The molecule has 1 aromatic carbocycles. The molecule has 0 atom stereocenters. The summed E-state index contributed by atoms with van der Waals surface area (Å²) in [6.45, 7) is 3.93. The van der Waals surface area contributed by atoms with Crippen LogP contribution in [0.4, 0.5) is 5.69 Å². The number of amides is 1. The smallest absolute Gasteiger partial charge is 0.221 e. The van der Waals surface area contributed by atoms with Crippen LogP contribution >= 0.6 is 0 Å². The molecule has 0 fully saturated rings. The van der Waals surface area contributed by atoms with Crippen molar-refractivity contribution >= 4 is 11.6 Å². The number of unbranched alkanes of at least 4 members (excludes halogenated alkanes) is 1. The molecule has 18 heavy (non-hydrogen) atoms. The normalized spacial score (nSPS) is 9.61. The van der Waals surface area contributed by atoms with E-state index in [2.05, 4.69) is 11.4 Å². The average Bonchev–Trinajstić information content (AvgIpc) is 2.32. The molecule has 0 bridgehead atoms. The number of anilines is 1. The van der Waals surface area contributed by atoms with Crippen LogP contribution in [0.5, 0.6) is 5.75 Å². The molecule has 0 aliphatic heterocycles. The third-order valence-electron chi connectivity index (χ3n) is 2.41. The minimum Gasteiger partial charge on any atom is -0.492 e. The van der Waals surface area contributed by atoms with Gasteiger partial charge in [-0.3, -0.25) is 4.79 Å². The fourth-order valence-corrected chi connectivity index (χ4v) is 1.67. The maximum Gasteiger partial charge on any atom is 0.221 e. The predicted octanol–water partition coefficient (Wildman–Crippen LogP) is 2.89. The SMILES string of the molecule is CCOc1ccc(CCCC#N)cc1NC(C)=O. The van der Waals surface area contributed by atoms with Gasteiger partial charge in [0.1, 0.15) is 5.75 Å². The van der Waals surface area contributed by atoms with Gasteiger partial charge in [0, 0.05) is 13.3 Å². The lowest BCUT2D eigenvalue weighted by atomic mass is 10.1. The number of aryl methyl sites for hydroxylation is 1. The third kappa shape index (κ3) is 4.46. The maximum absolute atomic E-state index is 11.1. The lowest BCUT2D eigenvalue weighted by Gasteiger charge is -2.12. The van der Waals surface area contributed by atoms with Crippen molar-refractivity contribution in [2.24, 2.45) is 0 Å². The second-order valence-electron chi connectivity index (χ2n) is 3.96. The molecule has 4 nitrogen and oxygen atoms in total. The van der Waals surface area contributed by atoms with Crippen LogP contribution in [0.1, 0.15) is 32.3 Å². The molecule has 0 aliphatic rings. The molecule has 0 radical (unpaired) electrons. The number of hydrogen-bond donors (Lipinski definition) is 1. The summed E-state index contributed by atoms with van der Waals surface area (Å²) in [7, 11) is 0. The van der Waals surface area contributed by atoms with E-state index in [0.29, 0.717) is 24.5 Å². The molecule has 0 saturated heterocycles. The highest BCUT2D eigenvalue weighted by atomic mass is 16.5. The first-order valence-electron chi connectivity index (χ1n) is 6.07. The van der Waals surface area contributed by atoms with E-state index in [9.17, 15) is 4.79 Å². The monoisotopic (exact) mass is 246 g/mol. The molecule has 0 aliphatic carbocycles. The Morgan fingerprint density at radius 2 is 2.28 bits per heavy atom. The molecule has 1 N–H and O–H groups in total. The van der Waals surface area contributed by atoms with Gasteiger partial charge >= 0.3 is 0 Å². The quantitative estimate of drug-likeness (QED) is 0.785. The number of carbonyl (C=O) groups is 1. The number of nitrogens with zero attached hydrogens (tertiary/aromatic N) is 1. The molecule has 1 aromatic rings. The Kier molecular flexibility index (Phi) is 5.72. The van der Waals surface area contributed by atoms with Crippen LogP contribution in [0.3, 0.4) is 0 Å². The van der Waals surface area contributed by atoms with Gasteiger partial charge in [-0.15, -0.1) is 0 Å². The van der Waals surface area contributed by atoms with Crippen LogP contribution in [0, 0.1) is 11.3 Å². The van der Waals surface area contributed by atoms with Crippen molar-refractivity contribution in [3.8, 4) is 11.8 Å². The molecular weight excluding hydrogens is 228 g/mol. The van der Waals surface area contributed by atoms with E-state index in [4.69, 9.17) is 10.00 Å². The number of ether oxygens (including phenoxy) is 1. The number of rotatable bonds is 6. The topological polar surface area (TPSA) is 62.1 Å². The first-order valence-corrected chi connectivity index (χ1v) is 6.07. The Morgan fingerprint density at radius 3 is 2.89 bits per heavy atom. The number of hydrogen-bond acceptors (Lipinski definition) is 3. The van der Waals surface area contributed by atoms with Crippen LogP contribution in [0.25, 0.3) is 0 Å². The highest BCUT2D eigenvalue weighted by Gasteiger charge is 2.06. The second kappa shape index (κ2) is 7.33. The number of benzene rings is 1. The van der Waals surface area contributed by atoms with E-state index in [1.54, 1.807) is 0 Å². The van der Waals surface area contributed by atoms with Gasteiger partial charge in [0.2, 0.25) is 5.91 Å². The first-order chi connectivity index (χ1) is 8.67. The lowest BCUT2D eigenvalue weighted by Crippen LogP contribution is -2.08.